The van der Waals surface area contributed by atoms with Gasteiger partial charge in [-0.15, -0.1) is 0 Å². The Morgan fingerprint density at radius 2 is 2.08 bits per heavy atom. The number of carbonyl (C=O) groups excluding carboxylic acids is 1. The Labute approximate surface area is 79.1 Å². The lowest BCUT2D eigenvalue weighted by Gasteiger charge is -2.36. The Bertz CT molecular complexity index is 181. The van der Waals surface area contributed by atoms with Crippen LogP contribution in [-0.4, -0.2) is 30.2 Å². The van der Waals surface area contributed by atoms with Gasteiger partial charge in [0.05, 0.1) is 0 Å². The summed E-state index contributed by atoms with van der Waals surface area (Å²) < 4.78 is 5.30. The fourth-order valence-electron chi connectivity index (χ4n) is 2.03. The summed E-state index contributed by atoms with van der Waals surface area (Å²) in [5, 5.41) is 8.95. The molecule has 1 saturated carbocycles. The SMILES string of the molecule is CO[C@]1(C(C)=O)CC[C@H](CO)CC1. The number of methoxy groups -OCH3 is 1. The zero-order valence-electron chi connectivity index (χ0n) is 8.38. The third-order valence-electron chi connectivity index (χ3n) is 3.20. The number of aliphatic hydroxyl groups is 1. The molecule has 0 bridgehead atoms. The highest BCUT2D eigenvalue weighted by molar-refractivity contribution is 5.85. The lowest BCUT2D eigenvalue weighted by atomic mass is 9.77. The fourth-order valence-corrected chi connectivity index (χ4v) is 2.03. The van der Waals surface area contributed by atoms with Crippen LogP contribution in [0.1, 0.15) is 32.6 Å². The molecule has 1 fully saturated rings. The van der Waals surface area contributed by atoms with Crippen molar-refractivity contribution >= 4 is 5.78 Å². The smallest absolute Gasteiger partial charge is 0.161 e. The van der Waals surface area contributed by atoms with E-state index in [0.717, 1.165) is 25.7 Å². The molecule has 0 aromatic rings. The van der Waals surface area contributed by atoms with Crippen LogP contribution in [0.25, 0.3) is 0 Å². The zero-order valence-corrected chi connectivity index (χ0v) is 8.38. The standard InChI is InChI=1S/C10H18O3/c1-8(12)10(13-2)5-3-9(7-11)4-6-10/h9,11H,3-7H2,1-2H3/t9-,10+. The van der Waals surface area contributed by atoms with Crippen LogP contribution in [-0.2, 0) is 9.53 Å². The Kier molecular flexibility index (Phi) is 3.45. The second-order valence-corrected chi connectivity index (χ2v) is 3.88. The molecule has 0 heterocycles. The number of Topliss-reactive ketones (excluding diaryl/α,β-unsaturated/α-hetero) is 1. The minimum absolute atomic E-state index is 0.117. The molecule has 1 aliphatic rings. The van der Waals surface area contributed by atoms with Crippen molar-refractivity contribution in [3.63, 3.8) is 0 Å². The highest BCUT2D eigenvalue weighted by atomic mass is 16.5. The Hall–Kier alpha value is -0.410. The maximum absolute atomic E-state index is 11.4. The monoisotopic (exact) mass is 186 g/mol. The largest absolute Gasteiger partial charge is 0.396 e. The van der Waals surface area contributed by atoms with E-state index in [9.17, 15) is 4.79 Å². The first-order valence-corrected chi connectivity index (χ1v) is 4.81. The van der Waals surface area contributed by atoms with Gasteiger partial charge in [-0.3, -0.25) is 4.79 Å². The van der Waals surface area contributed by atoms with Gasteiger partial charge in [-0.1, -0.05) is 0 Å². The minimum Gasteiger partial charge on any atom is -0.396 e. The van der Waals surface area contributed by atoms with Gasteiger partial charge in [0.2, 0.25) is 0 Å². The van der Waals surface area contributed by atoms with E-state index in [1.165, 1.54) is 0 Å². The van der Waals surface area contributed by atoms with Crippen molar-refractivity contribution in [3.8, 4) is 0 Å². The topological polar surface area (TPSA) is 46.5 Å². The molecule has 3 nitrogen and oxygen atoms in total. The molecular weight excluding hydrogens is 168 g/mol. The van der Waals surface area contributed by atoms with Crippen LogP contribution in [0.2, 0.25) is 0 Å². The summed E-state index contributed by atoms with van der Waals surface area (Å²) in [5.41, 5.74) is -0.550. The molecule has 3 heteroatoms. The van der Waals surface area contributed by atoms with Gasteiger partial charge in [-0.05, 0) is 38.5 Å². The zero-order chi connectivity index (χ0) is 9.90. The molecular formula is C10H18O3. The van der Waals surface area contributed by atoms with Crippen molar-refractivity contribution in [2.75, 3.05) is 13.7 Å². The van der Waals surface area contributed by atoms with Crippen molar-refractivity contribution < 1.29 is 14.6 Å². The molecule has 1 aliphatic carbocycles. The van der Waals surface area contributed by atoms with Crippen LogP contribution >= 0.6 is 0 Å². The second-order valence-electron chi connectivity index (χ2n) is 3.88. The maximum Gasteiger partial charge on any atom is 0.161 e. The third kappa shape index (κ3) is 2.09. The second kappa shape index (κ2) is 4.20. The van der Waals surface area contributed by atoms with Crippen LogP contribution in [0, 0.1) is 5.92 Å². The molecule has 0 atom stereocenters. The number of ether oxygens (including phenoxy) is 1. The van der Waals surface area contributed by atoms with Gasteiger partial charge < -0.3 is 9.84 Å². The minimum atomic E-state index is -0.550. The summed E-state index contributed by atoms with van der Waals surface area (Å²) in [6, 6.07) is 0. The lowest BCUT2D eigenvalue weighted by Crippen LogP contribution is -2.43. The van der Waals surface area contributed by atoms with Crippen LogP contribution in [0.5, 0.6) is 0 Å². The van der Waals surface area contributed by atoms with E-state index in [0.29, 0.717) is 5.92 Å². The van der Waals surface area contributed by atoms with Gasteiger partial charge in [-0.2, -0.15) is 0 Å². The number of rotatable bonds is 3. The summed E-state index contributed by atoms with van der Waals surface area (Å²) in [6.45, 7) is 1.82. The molecule has 0 aliphatic heterocycles. The Morgan fingerprint density at radius 3 is 2.38 bits per heavy atom. The number of carbonyl (C=O) groups is 1. The first kappa shape index (κ1) is 10.7. The van der Waals surface area contributed by atoms with Gasteiger partial charge in [0, 0.05) is 13.7 Å². The van der Waals surface area contributed by atoms with Crippen molar-refractivity contribution in [2.45, 2.75) is 38.2 Å². The van der Waals surface area contributed by atoms with Gasteiger partial charge in [0.25, 0.3) is 0 Å². The number of hydrogen-bond acceptors (Lipinski definition) is 3. The van der Waals surface area contributed by atoms with Crippen LogP contribution in [0.15, 0.2) is 0 Å². The molecule has 0 spiro atoms. The molecule has 1 rings (SSSR count). The summed E-state index contributed by atoms with van der Waals surface area (Å²) in [6.07, 6.45) is 3.29. The predicted molar refractivity (Wildman–Crippen MR) is 49.5 cm³/mol. The molecule has 13 heavy (non-hydrogen) atoms. The summed E-state index contributed by atoms with van der Waals surface area (Å²) in [4.78, 5) is 11.4. The van der Waals surface area contributed by atoms with Crippen molar-refractivity contribution in [1.82, 2.24) is 0 Å². The highest BCUT2D eigenvalue weighted by Crippen LogP contribution is 2.34. The number of hydrogen-bond donors (Lipinski definition) is 1. The molecule has 0 amide bonds. The van der Waals surface area contributed by atoms with Crippen LogP contribution in [0.3, 0.4) is 0 Å². The summed E-state index contributed by atoms with van der Waals surface area (Å²) >= 11 is 0. The normalized spacial score (nSPS) is 34.5. The maximum atomic E-state index is 11.4. The molecule has 0 aromatic heterocycles. The van der Waals surface area contributed by atoms with E-state index >= 15 is 0 Å². The molecule has 76 valence electrons. The fraction of sp³-hybridized carbons (Fsp3) is 0.900. The van der Waals surface area contributed by atoms with E-state index in [1.54, 1.807) is 14.0 Å². The average Bonchev–Trinajstić information content (AvgIpc) is 2.17. The van der Waals surface area contributed by atoms with Crippen molar-refractivity contribution in [1.29, 1.82) is 0 Å². The molecule has 0 aromatic carbocycles. The number of ketones is 1. The average molecular weight is 186 g/mol. The van der Waals surface area contributed by atoms with Gasteiger partial charge in [0.15, 0.2) is 5.78 Å². The third-order valence-corrected chi connectivity index (χ3v) is 3.20. The summed E-state index contributed by atoms with van der Waals surface area (Å²) in [5.74, 6) is 0.481. The first-order chi connectivity index (χ1) is 6.14. The van der Waals surface area contributed by atoms with Crippen molar-refractivity contribution in [2.24, 2.45) is 5.92 Å². The predicted octanol–water partition coefficient (Wildman–Crippen LogP) is 1.14. The molecule has 0 radical (unpaired) electrons. The van der Waals surface area contributed by atoms with Crippen LogP contribution in [0.4, 0.5) is 0 Å². The highest BCUT2D eigenvalue weighted by Gasteiger charge is 2.39. The van der Waals surface area contributed by atoms with E-state index in [1.807, 2.05) is 0 Å². The first-order valence-electron chi connectivity index (χ1n) is 4.81. The molecule has 0 saturated heterocycles. The lowest BCUT2D eigenvalue weighted by molar-refractivity contribution is -0.144. The Morgan fingerprint density at radius 1 is 1.54 bits per heavy atom. The van der Waals surface area contributed by atoms with Gasteiger partial charge >= 0.3 is 0 Å². The van der Waals surface area contributed by atoms with E-state index in [-0.39, 0.29) is 12.4 Å². The molecule has 0 unspecified atom stereocenters. The van der Waals surface area contributed by atoms with Crippen LogP contribution < -0.4 is 0 Å². The van der Waals surface area contributed by atoms with E-state index in [4.69, 9.17) is 9.84 Å². The van der Waals surface area contributed by atoms with E-state index in [2.05, 4.69) is 0 Å². The summed E-state index contributed by atoms with van der Waals surface area (Å²) in [7, 11) is 1.60. The van der Waals surface area contributed by atoms with Gasteiger partial charge in [0.1, 0.15) is 5.60 Å². The number of aliphatic hydroxyl groups excluding tert-OH is 1. The van der Waals surface area contributed by atoms with E-state index < -0.39 is 5.60 Å². The van der Waals surface area contributed by atoms with Gasteiger partial charge in [-0.25, -0.2) is 0 Å². The molecule has 1 N–H and O–H groups in total. The quantitative estimate of drug-likeness (QED) is 0.719. The van der Waals surface area contributed by atoms with Crippen molar-refractivity contribution in [3.05, 3.63) is 0 Å². The Balaban J connectivity index is 2.58.